The molecule has 0 saturated carbocycles. The first-order valence-corrected chi connectivity index (χ1v) is 26.8. The molecule has 0 aliphatic heterocycles. The molecule has 4 aromatic carbocycles. The predicted octanol–water partition coefficient (Wildman–Crippen LogP) is 14.0. The summed E-state index contributed by atoms with van der Waals surface area (Å²) in [6.07, 6.45) is 31.7. The number of aryl methyl sites for hydroxylation is 2. The number of unbranched alkanes of at least 4 members (excludes halogenated alkanes) is 22. The van der Waals surface area contributed by atoms with Crippen molar-refractivity contribution in [2.75, 3.05) is 0 Å². The zero-order chi connectivity index (χ0) is 46.5. The van der Waals surface area contributed by atoms with Crippen LogP contribution in [0.1, 0.15) is 179 Å². The molecule has 0 unspecified atom stereocenters. The summed E-state index contributed by atoms with van der Waals surface area (Å²) in [5.74, 6) is 0.991. The van der Waals surface area contributed by atoms with E-state index in [4.69, 9.17) is 9.47 Å². The number of para-hydroxylation sites is 2. The van der Waals surface area contributed by atoms with E-state index in [0.717, 1.165) is 43.2 Å². The number of hydrogen-bond acceptors (Lipinski definition) is 9. The number of hydrogen-bond donors (Lipinski definition) is 2. The number of benzene rings is 4. The van der Waals surface area contributed by atoms with Gasteiger partial charge in [-0.1, -0.05) is 192 Å². The van der Waals surface area contributed by atoms with Crippen LogP contribution in [0.2, 0.25) is 0 Å². The van der Waals surface area contributed by atoms with Crippen LogP contribution in [0.4, 0.5) is 0 Å². The average molecular weight is 963 g/mol. The van der Waals surface area contributed by atoms with Gasteiger partial charge in [-0.05, 0) is 85.3 Å². The van der Waals surface area contributed by atoms with Crippen LogP contribution >= 0.6 is 0 Å². The third-order valence-corrected chi connectivity index (χ3v) is 13.1. The van der Waals surface area contributed by atoms with E-state index in [1.54, 1.807) is 30.3 Å². The van der Waals surface area contributed by atoms with Crippen molar-refractivity contribution in [1.82, 2.24) is 0 Å². The summed E-state index contributed by atoms with van der Waals surface area (Å²) >= 11 is 0. The van der Waals surface area contributed by atoms with Gasteiger partial charge in [0.15, 0.2) is 0 Å². The summed E-state index contributed by atoms with van der Waals surface area (Å²) < 4.78 is 78.7. The molecule has 0 aromatic heterocycles. The summed E-state index contributed by atoms with van der Waals surface area (Å²) in [5, 5.41) is 21.7. The van der Waals surface area contributed by atoms with Crippen LogP contribution in [0.3, 0.4) is 0 Å². The number of phenols is 1. The fourth-order valence-corrected chi connectivity index (χ4v) is 8.97. The number of ether oxygens (including phenoxy) is 2. The van der Waals surface area contributed by atoms with Gasteiger partial charge in [-0.3, -0.25) is 4.55 Å². The molecule has 65 heavy (non-hydrogen) atoms. The summed E-state index contributed by atoms with van der Waals surface area (Å²) in [6.45, 7) is 4.49. The summed E-state index contributed by atoms with van der Waals surface area (Å²) in [6, 6.07) is 21.0. The zero-order valence-corrected chi connectivity index (χ0v) is 43.0. The van der Waals surface area contributed by atoms with Gasteiger partial charge in [-0.2, -0.15) is 8.42 Å². The van der Waals surface area contributed by atoms with Gasteiger partial charge in [0.2, 0.25) is 0 Å². The fourth-order valence-electron chi connectivity index (χ4n) is 7.75. The van der Waals surface area contributed by atoms with Crippen molar-refractivity contribution in [3.63, 3.8) is 0 Å². The third kappa shape index (κ3) is 24.7. The van der Waals surface area contributed by atoms with Gasteiger partial charge in [-0.15, -0.1) is 5.75 Å². The first-order chi connectivity index (χ1) is 30.8. The Bertz CT molecular complexity index is 1970. The van der Waals surface area contributed by atoms with Crippen molar-refractivity contribution in [3.8, 4) is 34.5 Å². The Morgan fingerprint density at radius 2 is 0.815 bits per heavy atom. The normalized spacial score (nSPS) is 11.4. The summed E-state index contributed by atoms with van der Waals surface area (Å²) in [5.41, 5.74) is 1.56. The Morgan fingerprint density at radius 1 is 0.462 bits per heavy atom. The van der Waals surface area contributed by atoms with Gasteiger partial charge < -0.3 is 24.2 Å². The quantitative estimate of drug-likeness (QED) is 0.0272. The van der Waals surface area contributed by atoms with Crippen LogP contribution in [0.5, 0.6) is 34.5 Å². The maximum absolute atomic E-state index is 11.8. The standard InChI is InChI=1S/2C26H38O5S.Ca/c2*1-2-3-4-5-6-7-8-9-10-11-12-13-16-22-21-23(27)19-20-24(22)31-25-17-14-15-18-26(25)32(28,29)30;/h2*14-15,17-21,27H,2-13,16H2,1H3,(H,28,29,30);/q;;+2/p-2. The van der Waals surface area contributed by atoms with Crippen LogP contribution in [0.25, 0.3) is 0 Å². The van der Waals surface area contributed by atoms with E-state index in [9.17, 15) is 36.2 Å². The van der Waals surface area contributed by atoms with Gasteiger partial charge in [0, 0.05) is 0 Å². The molecule has 0 radical (unpaired) electrons. The molecule has 0 saturated heterocycles. The average Bonchev–Trinajstić information content (AvgIpc) is 3.26. The van der Waals surface area contributed by atoms with Gasteiger partial charge >= 0.3 is 37.7 Å². The van der Waals surface area contributed by atoms with Crippen molar-refractivity contribution in [3.05, 3.63) is 96.1 Å². The van der Waals surface area contributed by atoms with Gasteiger partial charge in [0.05, 0.1) is 4.90 Å². The van der Waals surface area contributed by atoms with Crippen molar-refractivity contribution >= 4 is 58.0 Å². The molecule has 0 amide bonds. The third-order valence-electron chi connectivity index (χ3n) is 11.4. The molecule has 4 aromatic rings. The van der Waals surface area contributed by atoms with E-state index in [1.165, 1.54) is 183 Å². The van der Waals surface area contributed by atoms with Crippen molar-refractivity contribution in [2.24, 2.45) is 0 Å². The van der Waals surface area contributed by atoms with Crippen LogP contribution in [-0.2, 0) is 33.1 Å². The van der Waals surface area contributed by atoms with Gasteiger partial charge in [0.1, 0.15) is 43.8 Å². The molecule has 4 rings (SSSR count). The maximum atomic E-state index is 11.8. The number of rotatable bonds is 32. The number of phenolic OH excluding ortho intramolecular Hbond substituents is 1. The molecule has 2 N–H and O–H groups in total. The molecular weight excluding hydrogens is 889 g/mol. The largest absolute Gasteiger partial charge is 2.00 e. The van der Waals surface area contributed by atoms with Crippen LogP contribution < -0.4 is 14.6 Å². The van der Waals surface area contributed by atoms with E-state index in [0.29, 0.717) is 17.9 Å². The van der Waals surface area contributed by atoms with Crippen molar-refractivity contribution < 1.29 is 45.6 Å². The molecule has 0 bridgehead atoms. The second kappa shape index (κ2) is 33.6. The smallest absolute Gasteiger partial charge is 0.872 e. The minimum absolute atomic E-state index is 0. The van der Waals surface area contributed by atoms with Gasteiger partial charge in [0.25, 0.3) is 10.1 Å². The predicted molar refractivity (Wildman–Crippen MR) is 260 cm³/mol. The topological polar surface area (TPSA) is 173 Å². The second-order valence-electron chi connectivity index (χ2n) is 16.9. The van der Waals surface area contributed by atoms with Crippen molar-refractivity contribution in [2.45, 2.75) is 191 Å². The Morgan fingerprint density at radius 3 is 1.23 bits per heavy atom. The monoisotopic (exact) mass is 962 g/mol. The molecule has 0 aliphatic rings. The fraction of sp³-hybridized carbons (Fsp3) is 0.538. The zero-order valence-electron chi connectivity index (χ0n) is 39.2. The van der Waals surface area contributed by atoms with E-state index >= 15 is 0 Å². The van der Waals surface area contributed by atoms with E-state index in [1.807, 2.05) is 0 Å². The molecule has 0 heterocycles. The first-order valence-electron chi connectivity index (χ1n) is 23.9. The molecule has 0 atom stereocenters. The first kappa shape index (κ1) is 58.3. The molecule has 0 spiro atoms. The van der Waals surface area contributed by atoms with Crippen molar-refractivity contribution in [1.29, 1.82) is 0 Å². The Balaban J connectivity index is 0.000000440. The van der Waals surface area contributed by atoms with Crippen LogP contribution in [0, 0.1) is 0 Å². The SMILES string of the molecule is CCCCCCCCCCCCCCc1cc(O)ccc1Oc1ccccc1S(=O)(=O)O.CCCCCCCCCCCCCCc1cc([O-])ccc1Oc1ccccc1S(=O)(=O)[O-].[Ca+2]. The molecule has 0 fully saturated rings. The Kier molecular flexibility index (Phi) is 30.1. The van der Waals surface area contributed by atoms with E-state index < -0.39 is 25.1 Å². The Labute approximate surface area is 421 Å². The molecule has 356 valence electrons. The molecule has 10 nitrogen and oxygen atoms in total. The minimum atomic E-state index is -4.65. The summed E-state index contributed by atoms with van der Waals surface area (Å²) in [4.78, 5) is -0.674. The molecule has 13 heteroatoms. The second-order valence-corrected chi connectivity index (χ2v) is 19.6. The molecular formula is C52H74CaO10S2. The van der Waals surface area contributed by atoms with E-state index in [2.05, 4.69) is 13.8 Å². The minimum Gasteiger partial charge on any atom is -0.872 e. The van der Waals surface area contributed by atoms with Crippen LogP contribution in [-0.4, -0.2) is 68.8 Å². The van der Waals surface area contributed by atoms with Crippen LogP contribution in [0.15, 0.2) is 94.7 Å². The van der Waals surface area contributed by atoms with E-state index in [-0.39, 0.29) is 65.6 Å². The molecule has 0 aliphatic carbocycles. The number of aromatic hydroxyl groups is 1. The van der Waals surface area contributed by atoms with Gasteiger partial charge in [-0.25, -0.2) is 8.42 Å². The summed E-state index contributed by atoms with van der Waals surface area (Å²) in [7, 11) is -9.04. The maximum Gasteiger partial charge on any atom is 2.00 e. The Hall–Kier alpha value is -2.84.